The molecule has 1 aliphatic rings. The van der Waals surface area contributed by atoms with Crippen LogP contribution in [0.1, 0.15) is 43.6 Å². The average molecular weight is 317 g/mol. The van der Waals surface area contributed by atoms with Crippen molar-refractivity contribution in [2.45, 2.75) is 58.2 Å². The number of aryl methyl sites for hydroxylation is 1. The van der Waals surface area contributed by atoms with Crippen LogP contribution < -0.4 is 10.6 Å². The van der Waals surface area contributed by atoms with Crippen molar-refractivity contribution < 1.29 is 9.21 Å². The summed E-state index contributed by atoms with van der Waals surface area (Å²) in [5.74, 6) is 2.72. The van der Waals surface area contributed by atoms with Gasteiger partial charge in [0.15, 0.2) is 5.82 Å². The lowest BCUT2D eigenvalue weighted by atomic mass is 10.2. The van der Waals surface area contributed by atoms with E-state index in [0.717, 1.165) is 43.2 Å². The lowest BCUT2D eigenvalue weighted by Gasteiger charge is -2.13. The van der Waals surface area contributed by atoms with E-state index in [0.29, 0.717) is 13.0 Å². The highest BCUT2D eigenvalue weighted by atomic mass is 16.3. The molecule has 0 saturated carbocycles. The molecule has 0 fully saturated rings. The lowest BCUT2D eigenvalue weighted by Crippen LogP contribution is -2.41. The van der Waals surface area contributed by atoms with Crippen molar-refractivity contribution in [3.05, 3.63) is 35.8 Å². The first-order valence-electron chi connectivity index (χ1n) is 8.20. The second-order valence-electron chi connectivity index (χ2n) is 6.01. The Morgan fingerprint density at radius 1 is 1.39 bits per heavy atom. The molecule has 2 aromatic heterocycles. The SMILES string of the molecule is C[C@@H](Cc1ccco1)NC(=O)NCc1nnc2n1CCCCC2. The molecular weight excluding hydrogens is 294 g/mol. The topological polar surface area (TPSA) is 85.0 Å². The quantitative estimate of drug-likeness (QED) is 0.883. The second-order valence-corrected chi connectivity index (χ2v) is 6.01. The summed E-state index contributed by atoms with van der Waals surface area (Å²) in [6.45, 7) is 3.29. The van der Waals surface area contributed by atoms with Crippen molar-refractivity contribution in [3.63, 3.8) is 0 Å². The first-order valence-corrected chi connectivity index (χ1v) is 8.20. The Morgan fingerprint density at radius 3 is 3.13 bits per heavy atom. The molecule has 7 heteroatoms. The van der Waals surface area contributed by atoms with Crippen LogP contribution in [0.25, 0.3) is 0 Å². The van der Waals surface area contributed by atoms with Crippen LogP contribution in [-0.4, -0.2) is 26.8 Å². The van der Waals surface area contributed by atoms with Gasteiger partial charge in [0.05, 0.1) is 12.8 Å². The van der Waals surface area contributed by atoms with Crippen LogP contribution in [0.2, 0.25) is 0 Å². The molecule has 7 nitrogen and oxygen atoms in total. The first-order chi connectivity index (χ1) is 11.2. The highest BCUT2D eigenvalue weighted by Gasteiger charge is 2.15. The summed E-state index contributed by atoms with van der Waals surface area (Å²) in [6.07, 6.45) is 6.81. The van der Waals surface area contributed by atoms with Gasteiger partial charge in [-0.05, 0) is 31.9 Å². The minimum Gasteiger partial charge on any atom is -0.469 e. The number of nitrogens with one attached hydrogen (secondary N) is 2. The Bertz CT molecular complexity index is 635. The number of nitrogens with zero attached hydrogens (tertiary/aromatic N) is 3. The molecule has 3 heterocycles. The molecule has 2 amide bonds. The van der Waals surface area contributed by atoms with Crippen LogP contribution in [0.3, 0.4) is 0 Å². The van der Waals surface area contributed by atoms with Gasteiger partial charge in [0.1, 0.15) is 11.6 Å². The van der Waals surface area contributed by atoms with Crippen molar-refractivity contribution in [2.75, 3.05) is 0 Å². The molecule has 1 aliphatic heterocycles. The molecule has 2 N–H and O–H groups in total. The van der Waals surface area contributed by atoms with Gasteiger partial charge >= 0.3 is 6.03 Å². The first kappa shape index (κ1) is 15.6. The molecule has 0 spiro atoms. The van der Waals surface area contributed by atoms with E-state index in [1.165, 1.54) is 6.42 Å². The van der Waals surface area contributed by atoms with Gasteiger partial charge < -0.3 is 19.6 Å². The highest BCUT2D eigenvalue weighted by molar-refractivity contribution is 5.74. The normalized spacial score (nSPS) is 15.5. The zero-order valence-electron chi connectivity index (χ0n) is 13.4. The number of furan rings is 1. The highest BCUT2D eigenvalue weighted by Crippen LogP contribution is 2.14. The van der Waals surface area contributed by atoms with Crippen molar-refractivity contribution in [1.82, 2.24) is 25.4 Å². The zero-order valence-corrected chi connectivity index (χ0v) is 13.4. The Balaban J connectivity index is 1.48. The number of aromatic nitrogens is 3. The largest absolute Gasteiger partial charge is 0.469 e. The van der Waals surface area contributed by atoms with Crippen LogP contribution in [0.15, 0.2) is 22.8 Å². The monoisotopic (exact) mass is 317 g/mol. The third-order valence-corrected chi connectivity index (χ3v) is 4.06. The van der Waals surface area contributed by atoms with E-state index in [4.69, 9.17) is 4.42 Å². The summed E-state index contributed by atoms with van der Waals surface area (Å²) in [6, 6.07) is 3.55. The summed E-state index contributed by atoms with van der Waals surface area (Å²) in [4.78, 5) is 12.0. The molecule has 3 rings (SSSR count). The van der Waals surface area contributed by atoms with Gasteiger partial charge in [-0.1, -0.05) is 6.42 Å². The van der Waals surface area contributed by atoms with Gasteiger partial charge in [0.2, 0.25) is 0 Å². The smallest absolute Gasteiger partial charge is 0.315 e. The maximum absolute atomic E-state index is 12.0. The molecule has 0 bridgehead atoms. The maximum atomic E-state index is 12.0. The second kappa shape index (κ2) is 7.30. The van der Waals surface area contributed by atoms with Gasteiger partial charge in [-0.25, -0.2) is 4.79 Å². The number of fused-ring (bicyclic) bond motifs is 1. The number of urea groups is 1. The standard InChI is InChI=1S/C16H23N5O2/c1-12(10-13-6-5-9-23-13)18-16(22)17-11-15-20-19-14-7-3-2-4-8-21(14)15/h5-6,9,12H,2-4,7-8,10-11H2,1H3,(H2,17,18,22)/t12-/m0/s1. The van der Waals surface area contributed by atoms with Crippen molar-refractivity contribution in [3.8, 4) is 0 Å². The fraction of sp³-hybridized carbons (Fsp3) is 0.562. The molecule has 0 unspecified atom stereocenters. The van der Waals surface area contributed by atoms with E-state index in [1.807, 2.05) is 19.1 Å². The third kappa shape index (κ3) is 4.12. The van der Waals surface area contributed by atoms with E-state index in [-0.39, 0.29) is 12.1 Å². The van der Waals surface area contributed by atoms with Crippen molar-refractivity contribution in [2.24, 2.45) is 0 Å². The summed E-state index contributed by atoms with van der Waals surface area (Å²) >= 11 is 0. The average Bonchev–Trinajstić information content (AvgIpc) is 3.10. The fourth-order valence-corrected chi connectivity index (χ4v) is 2.89. The minimum absolute atomic E-state index is 0.00309. The van der Waals surface area contributed by atoms with Gasteiger partial charge in [-0.3, -0.25) is 0 Å². The van der Waals surface area contributed by atoms with E-state index in [9.17, 15) is 4.79 Å². The molecule has 1 atom stereocenters. The van der Waals surface area contributed by atoms with Crippen LogP contribution >= 0.6 is 0 Å². The summed E-state index contributed by atoms with van der Waals surface area (Å²) in [5, 5.41) is 14.2. The molecule has 0 saturated heterocycles. The van der Waals surface area contributed by atoms with Crippen LogP contribution in [0, 0.1) is 0 Å². The number of amides is 2. The number of hydrogen-bond acceptors (Lipinski definition) is 4. The van der Waals surface area contributed by atoms with Crippen LogP contribution in [0.5, 0.6) is 0 Å². The van der Waals surface area contributed by atoms with Gasteiger partial charge in [-0.15, -0.1) is 10.2 Å². The lowest BCUT2D eigenvalue weighted by molar-refractivity contribution is 0.236. The molecule has 0 aliphatic carbocycles. The van der Waals surface area contributed by atoms with Crippen molar-refractivity contribution >= 4 is 6.03 Å². The Labute approximate surface area is 135 Å². The molecule has 0 radical (unpaired) electrons. The maximum Gasteiger partial charge on any atom is 0.315 e. The fourth-order valence-electron chi connectivity index (χ4n) is 2.89. The van der Waals surface area contributed by atoms with E-state index >= 15 is 0 Å². The number of rotatable bonds is 5. The number of carbonyl (C=O) groups excluding carboxylic acids is 1. The van der Waals surface area contributed by atoms with Crippen LogP contribution in [0.4, 0.5) is 4.79 Å². The molecule has 2 aromatic rings. The van der Waals surface area contributed by atoms with E-state index in [1.54, 1.807) is 6.26 Å². The molecule has 23 heavy (non-hydrogen) atoms. The number of hydrogen-bond donors (Lipinski definition) is 2. The Kier molecular flexibility index (Phi) is 4.95. The zero-order chi connectivity index (χ0) is 16.1. The number of carbonyl (C=O) groups is 1. The van der Waals surface area contributed by atoms with E-state index < -0.39 is 0 Å². The predicted molar refractivity (Wildman–Crippen MR) is 84.8 cm³/mol. The molecular formula is C16H23N5O2. The van der Waals surface area contributed by atoms with Gasteiger partial charge in [-0.2, -0.15) is 0 Å². The summed E-state index contributed by atoms with van der Waals surface area (Å²) < 4.78 is 7.42. The Morgan fingerprint density at radius 2 is 2.30 bits per heavy atom. The predicted octanol–water partition coefficient (Wildman–Crippen LogP) is 2.03. The minimum atomic E-state index is -0.199. The summed E-state index contributed by atoms with van der Waals surface area (Å²) in [7, 11) is 0. The van der Waals surface area contributed by atoms with E-state index in [2.05, 4.69) is 25.4 Å². The molecule has 0 aromatic carbocycles. The molecule has 124 valence electrons. The van der Waals surface area contributed by atoms with Gasteiger partial charge in [0.25, 0.3) is 0 Å². The van der Waals surface area contributed by atoms with Crippen LogP contribution in [-0.2, 0) is 25.9 Å². The summed E-state index contributed by atoms with van der Waals surface area (Å²) in [5.41, 5.74) is 0. The third-order valence-electron chi connectivity index (χ3n) is 4.06. The Hall–Kier alpha value is -2.31. The van der Waals surface area contributed by atoms with Gasteiger partial charge in [0, 0.05) is 25.4 Å². The van der Waals surface area contributed by atoms with Crippen molar-refractivity contribution in [1.29, 1.82) is 0 Å².